The van der Waals surface area contributed by atoms with Crippen LogP contribution in [0.3, 0.4) is 0 Å². The molecule has 2 amide bonds. The molecule has 0 aliphatic carbocycles. The van der Waals surface area contributed by atoms with E-state index in [0.717, 1.165) is 17.7 Å². The summed E-state index contributed by atoms with van der Waals surface area (Å²) in [6.07, 6.45) is 0.452. The summed E-state index contributed by atoms with van der Waals surface area (Å²) < 4.78 is 5.34. The van der Waals surface area contributed by atoms with Crippen molar-refractivity contribution in [3.05, 3.63) is 95.6 Å². The Morgan fingerprint density at radius 3 is 2.40 bits per heavy atom. The highest BCUT2D eigenvalue weighted by Gasteiger charge is 2.32. The number of carbonyl (C=O) groups is 2. The number of nitrogens with zero attached hydrogens (tertiary/aromatic N) is 1. The molecule has 1 aliphatic heterocycles. The lowest BCUT2D eigenvalue weighted by atomic mass is 10.0. The highest BCUT2D eigenvalue weighted by molar-refractivity contribution is 6.01. The van der Waals surface area contributed by atoms with Crippen LogP contribution >= 0.6 is 0 Å². The number of benzene rings is 3. The first-order chi connectivity index (χ1) is 14.6. The molecule has 30 heavy (non-hydrogen) atoms. The molecule has 0 aromatic heterocycles. The second-order valence-electron chi connectivity index (χ2n) is 7.15. The zero-order chi connectivity index (χ0) is 20.9. The second kappa shape index (κ2) is 8.69. The normalized spacial score (nSPS) is 15.3. The van der Waals surface area contributed by atoms with E-state index in [4.69, 9.17) is 10.5 Å². The number of anilines is 1. The first-order valence-electron chi connectivity index (χ1n) is 9.83. The van der Waals surface area contributed by atoms with E-state index in [1.165, 1.54) is 5.56 Å². The molecule has 4 rings (SSSR count). The zero-order valence-corrected chi connectivity index (χ0v) is 16.5. The maximum absolute atomic E-state index is 13.3. The molecule has 0 saturated heterocycles. The summed E-state index contributed by atoms with van der Waals surface area (Å²) in [5, 5.41) is 3.49. The summed E-state index contributed by atoms with van der Waals surface area (Å²) >= 11 is 0. The Bertz CT molecular complexity index is 1040. The van der Waals surface area contributed by atoms with Gasteiger partial charge in [-0.1, -0.05) is 54.6 Å². The number of ether oxygens (including phenoxy) is 1. The van der Waals surface area contributed by atoms with Crippen molar-refractivity contribution in [1.29, 1.82) is 0 Å². The molecule has 0 radical (unpaired) electrons. The maximum atomic E-state index is 13.3. The quantitative estimate of drug-likeness (QED) is 0.636. The summed E-state index contributed by atoms with van der Waals surface area (Å²) in [6, 6.07) is 25.0. The molecule has 0 fully saturated rings. The molecule has 1 heterocycles. The number of fused-ring (bicyclic) bond motifs is 1. The number of amides is 2. The Hall–Kier alpha value is -3.80. The van der Waals surface area contributed by atoms with E-state index in [-0.39, 0.29) is 18.7 Å². The Morgan fingerprint density at radius 1 is 0.967 bits per heavy atom. The Balaban J connectivity index is 1.59. The van der Waals surface area contributed by atoms with Crippen molar-refractivity contribution < 1.29 is 14.3 Å². The first-order valence-corrected chi connectivity index (χ1v) is 9.83. The van der Waals surface area contributed by atoms with Crippen LogP contribution in [0.2, 0.25) is 0 Å². The van der Waals surface area contributed by atoms with Gasteiger partial charge in [-0.25, -0.2) is 0 Å². The number of para-hydroxylation sites is 1. The van der Waals surface area contributed by atoms with Gasteiger partial charge >= 0.3 is 0 Å². The van der Waals surface area contributed by atoms with Crippen molar-refractivity contribution in [2.24, 2.45) is 5.73 Å². The minimum absolute atomic E-state index is 0.000615. The van der Waals surface area contributed by atoms with Gasteiger partial charge in [-0.15, -0.1) is 0 Å². The largest absolute Gasteiger partial charge is 0.484 e. The monoisotopic (exact) mass is 401 g/mol. The van der Waals surface area contributed by atoms with E-state index in [0.29, 0.717) is 17.9 Å². The van der Waals surface area contributed by atoms with Gasteiger partial charge in [0.1, 0.15) is 11.9 Å². The SMILES string of the molecule is NC(=O)COc1ccc([C@H]2Nc3ccccc3C(=O)N2CCc2ccccc2)cc1. The predicted molar refractivity (Wildman–Crippen MR) is 115 cm³/mol. The van der Waals surface area contributed by atoms with Gasteiger partial charge in [0.2, 0.25) is 0 Å². The van der Waals surface area contributed by atoms with E-state index in [2.05, 4.69) is 17.4 Å². The van der Waals surface area contributed by atoms with Gasteiger partial charge in [-0.3, -0.25) is 9.59 Å². The lowest BCUT2D eigenvalue weighted by Gasteiger charge is -2.38. The third-order valence-electron chi connectivity index (χ3n) is 5.08. The average Bonchev–Trinajstić information content (AvgIpc) is 2.78. The summed E-state index contributed by atoms with van der Waals surface area (Å²) in [4.78, 5) is 26.0. The number of nitrogens with two attached hydrogens (primary N) is 1. The smallest absolute Gasteiger partial charge is 0.257 e. The van der Waals surface area contributed by atoms with Crippen LogP contribution in [0.1, 0.15) is 27.7 Å². The van der Waals surface area contributed by atoms with E-state index < -0.39 is 5.91 Å². The number of rotatable bonds is 7. The minimum Gasteiger partial charge on any atom is -0.484 e. The van der Waals surface area contributed by atoms with Crippen molar-refractivity contribution in [3.8, 4) is 5.75 Å². The lowest BCUT2D eigenvalue weighted by molar-refractivity contribution is -0.119. The average molecular weight is 401 g/mol. The van der Waals surface area contributed by atoms with E-state index in [1.54, 1.807) is 12.1 Å². The van der Waals surface area contributed by atoms with Crippen LogP contribution in [0, 0.1) is 0 Å². The van der Waals surface area contributed by atoms with Gasteiger partial charge in [0.05, 0.1) is 5.56 Å². The summed E-state index contributed by atoms with van der Waals surface area (Å²) in [5.41, 5.74) is 8.72. The number of hydrogen-bond acceptors (Lipinski definition) is 4. The van der Waals surface area contributed by atoms with Crippen LogP contribution in [-0.2, 0) is 11.2 Å². The molecule has 0 bridgehead atoms. The molecule has 0 saturated carbocycles. The molecule has 3 aromatic carbocycles. The molecule has 0 spiro atoms. The highest BCUT2D eigenvalue weighted by Crippen LogP contribution is 2.33. The van der Waals surface area contributed by atoms with Crippen LogP contribution in [0.25, 0.3) is 0 Å². The summed E-state index contributed by atoms with van der Waals surface area (Å²) in [5.74, 6) is 0.0255. The molecule has 0 unspecified atom stereocenters. The lowest BCUT2D eigenvalue weighted by Crippen LogP contribution is -2.43. The highest BCUT2D eigenvalue weighted by atomic mass is 16.5. The number of hydrogen-bond donors (Lipinski definition) is 2. The summed E-state index contributed by atoms with van der Waals surface area (Å²) in [6.45, 7) is 0.408. The Labute approximate surface area is 175 Å². The van der Waals surface area contributed by atoms with Crippen molar-refractivity contribution in [2.75, 3.05) is 18.5 Å². The molecule has 3 N–H and O–H groups in total. The molecule has 3 aromatic rings. The Morgan fingerprint density at radius 2 is 1.67 bits per heavy atom. The number of primary amides is 1. The second-order valence-corrected chi connectivity index (χ2v) is 7.15. The molecular weight excluding hydrogens is 378 g/mol. The third-order valence-corrected chi connectivity index (χ3v) is 5.08. The van der Waals surface area contributed by atoms with Gasteiger partial charge in [0, 0.05) is 12.2 Å². The summed E-state index contributed by atoms with van der Waals surface area (Å²) in [7, 11) is 0. The van der Waals surface area contributed by atoms with Gasteiger partial charge in [-0.05, 0) is 41.8 Å². The molecule has 152 valence electrons. The van der Waals surface area contributed by atoms with Gasteiger partial charge in [0.25, 0.3) is 11.8 Å². The first kappa shape index (κ1) is 19.5. The van der Waals surface area contributed by atoms with E-state index >= 15 is 0 Å². The zero-order valence-electron chi connectivity index (χ0n) is 16.5. The van der Waals surface area contributed by atoms with Gasteiger partial charge in [-0.2, -0.15) is 0 Å². The van der Waals surface area contributed by atoms with Gasteiger partial charge < -0.3 is 20.7 Å². The third kappa shape index (κ3) is 4.27. The topological polar surface area (TPSA) is 84.7 Å². The fourth-order valence-electron chi connectivity index (χ4n) is 3.58. The number of nitrogens with one attached hydrogen (secondary N) is 1. The van der Waals surface area contributed by atoms with Crippen LogP contribution in [0.5, 0.6) is 5.75 Å². The van der Waals surface area contributed by atoms with Crippen LogP contribution in [0.15, 0.2) is 78.9 Å². The predicted octanol–water partition coefficient (Wildman–Crippen LogP) is 3.36. The molecular formula is C24H23N3O3. The van der Waals surface area contributed by atoms with Crippen molar-refractivity contribution in [3.63, 3.8) is 0 Å². The van der Waals surface area contributed by atoms with Gasteiger partial charge in [0.15, 0.2) is 6.61 Å². The molecule has 1 atom stereocenters. The van der Waals surface area contributed by atoms with Crippen molar-refractivity contribution >= 4 is 17.5 Å². The maximum Gasteiger partial charge on any atom is 0.257 e. The van der Waals surface area contributed by atoms with E-state index in [9.17, 15) is 9.59 Å². The molecule has 6 nitrogen and oxygen atoms in total. The Kier molecular flexibility index (Phi) is 5.66. The fourth-order valence-corrected chi connectivity index (χ4v) is 3.58. The standard InChI is InChI=1S/C24H23N3O3/c25-22(28)16-30-19-12-10-18(11-13-19)23-26-21-9-5-4-8-20(21)24(29)27(23)15-14-17-6-2-1-3-7-17/h1-13,23,26H,14-16H2,(H2,25,28)/t23-/m0/s1. The molecule has 6 heteroatoms. The molecule has 1 aliphatic rings. The fraction of sp³-hybridized carbons (Fsp3) is 0.167. The van der Waals surface area contributed by atoms with Crippen LogP contribution < -0.4 is 15.8 Å². The minimum atomic E-state index is -0.526. The van der Waals surface area contributed by atoms with Crippen molar-refractivity contribution in [2.45, 2.75) is 12.6 Å². The van der Waals surface area contributed by atoms with Crippen molar-refractivity contribution in [1.82, 2.24) is 4.90 Å². The number of carbonyl (C=O) groups excluding carboxylic acids is 2. The van der Waals surface area contributed by atoms with E-state index in [1.807, 2.05) is 59.5 Å². The van der Waals surface area contributed by atoms with Crippen LogP contribution in [-0.4, -0.2) is 29.9 Å². The van der Waals surface area contributed by atoms with Crippen LogP contribution in [0.4, 0.5) is 5.69 Å².